The van der Waals surface area contributed by atoms with Crippen molar-refractivity contribution >= 4 is 21.6 Å². The zero-order valence-electron chi connectivity index (χ0n) is 16.4. The van der Waals surface area contributed by atoms with Crippen LogP contribution in [0, 0.1) is 0 Å². The first-order chi connectivity index (χ1) is 14.7. The maximum atomic E-state index is 13.2. The number of fused-ring (bicyclic) bond motifs is 1. The first kappa shape index (κ1) is 21.1. The summed E-state index contributed by atoms with van der Waals surface area (Å²) in [6, 6.07) is 5.81. The monoisotopic (exact) mass is 452 g/mol. The molecule has 0 saturated carbocycles. The predicted molar refractivity (Wildman–Crippen MR) is 105 cm³/mol. The molecule has 1 aromatic carbocycles. The van der Waals surface area contributed by atoms with Gasteiger partial charge in [-0.05, 0) is 24.3 Å². The molecule has 31 heavy (non-hydrogen) atoms. The number of carbonyl (C=O) groups excluding carboxylic acids is 1. The molecule has 164 valence electrons. The molecule has 0 bridgehead atoms. The second-order valence-electron chi connectivity index (χ2n) is 6.87. The minimum absolute atomic E-state index is 0.00529. The summed E-state index contributed by atoms with van der Waals surface area (Å²) in [6.07, 6.45) is 3.97. The van der Waals surface area contributed by atoms with Crippen LogP contribution in [0.2, 0.25) is 0 Å². The molecule has 2 aromatic heterocycles. The third-order valence-corrected chi connectivity index (χ3v) is 6.17. The van der Waals surface area contributed by atoms with Crippen LogP contribution in [0.15, 0.2) is 36.7 Å². The van der Waals surface area contributed by atoms with E-state index in [4.69, 9.17) is 0 Å². The molecule has 13 heteroatoms. The van der Waals surface area contributed by atoms with Gasteiger partial charge in [-0.3, -0.25) is 14.2 Å². The SMILES string of the molecule is CS(=O)(=O)N1CCN(C(=O)c2cncc3nnc(-c4ccc(OC(F)F)cc4)n23)CC1. The molecular formula is C18H18F2N6O4S. The summed E-state index contributed by atoms with van der Waals surface area (Å²) in [7, 11) is -3.32. The Morgan fingerprint density at radius 2 is 1.74 bits per heavy atom. The lowest BCUT2D eigenvalue weighted by molar-refractivity contribution is -0.0498. The van der Waals surface area contributed by atoms with Gasteiger partial charge in [-0.1, -0.05) is 0 Å². The number of ether oxygens (including phenoxy) is 1. The molecule has 3 heterocycles. The van der Waals surface area contributed by atoms with Crippen molar-refractivity contribution in [2.45, 2.75) is 6.61 Å². The van der Waals surface area contributed by atoms with Gasteiger partial charge < -0.3 is 9.64 Å². The van der Waals surface area contributed by atoms with Crippen LogP contribution in [-0.4, -0.2) is 82.2 Å². The second kappa shape index (κ2) is 8.15. The van der Waals surface area contributed by atoms with Crippen molar-refractivity contribution in [1.82, 2.24) is 28.8 Å². The molecule has 0 unspecified atom stereocenters. The van der Waals surface area contributed by atoms with E-state index in [0.29, 0.717) is 17.0 Å². The van der Waals surface area contributed by atoms with E-state index in [1.54, 1.807) is 4.90 Å². The fourth-order valence-corrected chi connectivity index (χ4v) is 4.18. The van der Waals surface area contributed by atoms with Gasteiger partial charge in [0.25, 0.3) is 5.91 Å². The van der Waals surface area contributed by atoms with Crippen molar-refractivity contribution in [3.05, 3.63) is 42.4 Å². The van der Waals surface area contributed by atoms with Crippen molar-refractivity contribution in [2.75, 3.05) is 32.4 Å². The standard InChI is InChI=1S/C18H18F2N6O4S/c1-31(28,29)25-8-6-24(7-9-25)17(27)14-10-21-11-15-22-23-16(26(14)15)12-2-4-13(5-3-12)30-18(19)20/h2-5,10-11,18H,6-9H2,1H3. The number of amides is 1. The highest BCUT2D eigenvalue weighted by Gasteiger charge is 2.28. The van der Waals surface area contributed by atoms with E-state index in [1.807, 2.05) is 0 Å². The number of rotatable bonds is 5. The number of benzene rings is 1. The lowest BCUT2D eigenvalue weighted by Crippen LogP contribution is -2.50. The van der Waals surface area contributed by atoms with Gasteiger partial charge in [-0.25, -0.2) is 8.42 Å². The van der Waals surface area contributed by atoms with Crippen LogP contribution in [0.3, 0.4) is 0 Å². The normalized spacial score (nSPS) is 15.5. The van der Waals surface area contributed by atoms with Crippen LogP contribution in [-0.2, 0) is 10.0 Å². The smallest absolute Gasteiger partial charge is 0.387 e. The Labute approximate surface area is 176 Å². The average Bonchev–Trinajstić information content (AvgIpc) is 3.17. The summed E-state index contributed by atoms with van der Waals surface area (Å²) >= 11 is 0. The van der Waals surface area contributed by atoms with Gasteiger partial charge in [-0.2, -0.15) is 13.1 Å². The van der Waals surface area contributed by atoms with Crippen molar-refractivity contribution in [2.24, 2.45) is 0 Å². The Kier molecular flexibility index (Phi) is 5.54. The fourth-order valence-electron chi connectivity index (χ4n) is 3.36. The van der Waals surface area contributed by atoms with Crippen molar-refractivity contribution in [1.29, 1.82) is 0 Å². The van der Waals surface area contributed by atoms with Gasteiger partial charge in [0.1, 0.15) is 11.4 Å². The first-order valence-corrected chi connectivity index (χ1v) is 11.1. The Hall–Kier alpha value is -3.19. The quantitative estimate of drug-likeness (QED) is 0.570. The molecular weight excluding hydrogens is 434 g/mol. The number of halogens is 2. The van der Waals surface area contributed by atoms with Crippen molar-refractivity contribution < 1.29 is 26.7 Å². The number of sulfonamides is 1. The van der Waals surface area contributed by atoms with Gasteiger partial charge in [0.05, 0.1) is 18.6 Å². The third kappa shape index (κ3) is 4.32. The Bertz CT molecular complexity index is 1210. The minimum atomic E-state index is -3.32. The van der Waals surface area contributed by atoms with Crippen LogP contribution < -0.4 is 4.74 Å². The number of nitrogens with zero attached hydrogens (tertiary/aromatic N) is 6. The van der Waals surface area contributed by atoms with E-state index in [-0.39, 0.29) is 43.5 Å². The molecule has 1 amide bonds. The molecule has 3 aromatic rings. The molecule has 0 aliphatic carbocycles. The van der Waals surface area contributed by atoms with Crippen LogP contribution in [0.25, 0.3) is 17.0 Å². The van der Waals surface area contributed by atoms with E-state index >= 15 is 0 Å². The topological polar surface area (TPSA) is 110 Å². The molecule has 0 spiro atoms. The van der Waals surface area contributed by atoms with Crippen molar-refractivity contribution in [3.8, 4) is 17.1 Å². The summed E-state index contributed by atoms with van der Waals surface area (Å²) < 4.78 is 55.4. The highest BCUT2D eigenvalue weighted by molar-refractivity contribution is 7.88. The van der Waals surface area contributed by atoms with Crippen LogP contribution >= 0.6 is 0 Å². The fraction of sp³-hybridized carbons (Fsp3) is 0.333. The van der Waals surface area contributed by atoms with E-state index < -0.39 is 16.6 Å². The molecule has 10 nitrogen and oxygen atoms in total. The van der Waals surface area contributed by atoms with Crippen molar-refractivity contribution in [3.63, 3.8) is 0 Å². The maximum absolute atomic E-state index is 13.2. The highest BCUT2D eigenvalue weighted by Crippen LogP contribution is 2.24. The Morgan fingerprint density at radius 1 is 1.06 bits per heavy atom. The molecule has 0 atom stereocenters. The van der Waals surface area contributed by atoms with E-state index in [0.717, 1.165) is 6.26 Å². The summed E-state index contributed by atoms with van der Waals surface area (Å²) in [5, 5.41) is 8.15. The molecule has 1 aliphatic rings. The minimum Gasteiger partial charge on any atom is -0.435 e. The van der Waals surface area contributed by atoms with Crippen LogP contribution in [0.5, 0.6) is 5.75 Å². The summed E-state index contributed by atoms with van der Waals surface area (Å²) in [5.41, 5.74) is 1.08. The molecule has 1 saturated heterocycles. The zero-order chi connectivity index (χ0) is 22.2. The Balaban J connectivity index is 1.64. The van der Waals surface area contributed by atoms with Gasteiger partial charge in [0, 0.05) is 31.7 Å². The molecule has 0 N–H and O–H groups in total. The molecule has 1 aliphatic heterocycles. The average molecular weight is 452 g/mol. The molecule has 0 radical (unpaired) electrons. The largest absolute Gasteiger partial charge is 0.435 e. The van der Waals surface area contributed by atoms with Gasteiger partial charge in [0.2, 0.25) is 10.0 Å². The first-order valence-electron chi connectivity index (χ1n) is 9.23. The third-order valence-electron chi connectivity index (χ3n) is 4.87. The van der Waals surface area contributed by atoms with E-state index in [2.05, 4.69) is 19.9 Å². The number of piperazine rings is 1. The number of hydrogen-bond donors (Lipinski definition) is 0. The van der Waals surface area contributed by atoms with Gasteiger partial charge in [-0.15, -0.1) is 10.2 Å². The predicted octanol–water partition coefficient (Wildman–Crippen LogP) is 1.11. The lowest BCUT2D eigenvalue weighted by atomic mass is 10.2. The van der Waals surface area contributed by atoms with Gasteiger partial charge in [0.15, 0.2) is 11.5 Å². The highest BCUT2D eigenvalue weighted by atomic mass is 32.2. The van der Waals surface area contributed by atoms with Crippen LogP contribution in [0.4, 0.5) is 8.78 Å². The second-order valence-corrected chi connectivity index (χ2v) is 8.85. The molecule has 1 fully saturated rings. The zero-order valence-corrected chi connectivity index (χ0v) is 17.2. The summed E-state index contributed by atoms with van der Waals surface area (Å²) in [6.45, 7) is -2.06. The number of hydrogen-bond acceptors (Lipinski definition) is 7. The summed E-state index contributed by atoms with van der Waals surface area (Å²) in [5.74, 6) is -0.0154. The summed E-state index contributed by atoms with van der Waals surface area (Å²) in [4.78, 5) is 18.8. The van der Waals surface area contributed by atoms with E-state index in [1.165, 1.54) is 45.4 Å². The number of alkyl halides is 2. The van der Waals surface area contributed by atoms with E-state index in [9.17, 15) is 22.0 Å². The maximum Gasteiger partial charge on any atom is 0.387 e. The Morgan fingerprint density at radius 3 is 2.35 bits per heavy atom. The number of aromatic nitrogens is 4. The van der Waals surface area contributed by atoms with Crippen LogP contribution in [0.1, 0.15) is 10.5 Å². The lowest BCUT2D eigenvalue weighted by Gasteiger charge is -2.33. The van der Waals surface area contributed by atoms with Gasteiger partial charge >= 0.3 is 6.61 Å². The molecule has 4 rings (SSSR count). The number of carbonyl (C=O) groups is 1.